The minimum Gasteiger partial charge on any atom is -0.454 e. The number of carbonyl (C=O) groups is 1. The van der Waals surface area contributed by atoms with E-state index in [1.165, 1.54) is 0 Å². The van der Waals surface area contributed by atoms with Crippen molar-refractivity contribution in [3.8, 4) is 11.5 Å². The van der Waals surface area contributed by atoms with Crippen molar-refractivity contribution in [3.63, 3.8) is 0 Å². The minimum absolute atomic E-state index is 0.278. The van der Waals surface area contributed by atoms with Crippen LogP contribution in [0.2, 0.25) is 0 Å². The van der Waals surface area contributed by atoms with Crippen LogP contribution in [0.1, 0.15) is 35.7 Å². The molecule has 104 valence electrons. The first-order valence-corrected chi connectivity index (χ1v) is 6.45. The van der Waals surface area contributed by atoms with Gasteiger partial charge in [0, 0.05) is 0 Å². The highest BCUT2D eigenvalue weighted by Gasteiger charge is 2.13. The monoisotopic (exact) mass is 270 g/mol. The minimum atomic E-state index is -0.563. The van der Waals surface area contributed by atoms with Crippen molar-refractivity contribution in [2.75, 3.05) is 5.73 Å². The first-order chi connectivity index (χ1) is 9.49. The van der Waals surface area contributed by atoms with E-state index in [1.807, 2.05) is 24.3 Å². The van der Waals surface area contributed by atoms with E-state index in [2.05, 4.69) is 13.8 Å². The molecule has 0 aliphatic carbocycles. The molecule has 0 aliphatic rings. The van der Waals surface area contributed by atoms with Gasteiger partial charge in [-0.2, -0.15) is 0 Å². The molecule has 2 rings (SSSR count). The largest absolute Gasteiger partial charge is 0.454 e. The highest BCUT2D eigenvalue weighted by atomic mass is 16.5. The third kappa shape index (κ3) is 2.91. The molecule has 0 heterocycles. The maximum absolute atomic E-state index is 11.4. The number of benzene rings is 2. The van der Waals surface area contributed by atoms with Gasteiger partial charge < -0.3 is 16.2 Å². The van der Waals surface area contributed by atoms with Crippen LogP contribution in [-0.4, -0.2) is 5.91 Å². The van der Waals surface area contributed by atoms with E-state index in [9.17, 15) is 4.79 Å². The number of anilines is 1. The Bertz CT molecular complexity index is 636. The molecule has 0 aliphatic heterocycles. The number of nitrogens with two attached hydrogens (primary N) is 2. The van der Waals surface area contributed by atoms with Crippen molar-refractivity contribution in [1.82, 2.24) is 0 Å². The van der Waals surface area contributed by atoms with Gasteiger partial charge in [-0.25, -0.2) is 0 Å². The summed E-state index contributed by atoms with van der Waals surface area (Å²) in [7, 11) is 0. The number of carbonyl (C=O) groups excluding carboxylic acids is 1. The Balaban J connectivity index is 2.40. The third-order valence-corrected chi connectivity index (χ3v) is 3.06. The van der Waals surface area contributed by atoms with Gasteiger partial charge in [0.25, 0.3) is 5.91 Å². The summed E-state index contributed by atoms with van der Waals surface area (Å²) >= 11 is 0. The SMILES string of the molecule is CC(C)c1cccc(Oc2c(N)cccc2C(N)=O)c1. The highest BCUT2D eigenvalue weighted by molar-refractivity contribution is 5.97. The van der Waals surface area contributed by atoms with Crippen LogP contribution >= 0.6 is 0 Å². The lowest BCUT2D eigenvalue weighted by molar-refractivity contribution is 0.0998. The quantitative estimate of drug-likeness (QED) is 0.837. The lowest BCUT2D eigenvalue weighted by atomic mass is 10.0. The summed E-state index contributed by atoms with van der Waals surface area (Å²) in [6.45, 7) is 4.20. The molecule has 1 amide bonds. The van der Waals surface area contributed by atoms with Crippen molar-refractivity contribution in [3.05, 3.63) is 53.6 Å². The van der Waals surface area contributed by atoms with Gasteiger partial charge in [-0.3, -0.25) is 4.79 Å². The van der Waals surface area contributed by atoms with Gasteiger partial charge in [0.15, 0.2) is 5.75 Å². The van der Waals surface area contributed by atoms with Crippen molar-refractivity contribution < 1.29 is 9.53 Å². The molecule has 0 spiro atoms. The molecule has 20 heavy (non-hydrogen) atoms. The Morgan fingerprint density at radius 1 is 1.15 bits per heavy atom. The van der Waals surface area contributed by atoms with E-state index in [4.69, 9.17) is 16.2 Å². The topological polar surface area (TPSA) is 78.3 Å². The van der Waals surface area contributed by atoms with Gasteiger partial charge >= 0.3 is 0 Å². The van der Waals surface area contributed by atoms with Crippen molar-refractivity contribution >= 4 is 11.6 Å². The summed E-state index contributed by atoms with van der Waals surface area (Å²) in [6, 6.07) is 12.6. The molecule has 0 radical (unpaired) electrons. The van der Waals surface area contributed by atoms with E-state index in [-0.39, 0.29) is 5.56 Å². The molecule has 0 aromatic heterocycles. The van der Waals surface area contributed by atoms with Crippen LogP contribution in [0.5, 0.6) is 11.5 Å². The average Bonchev–Trinajstić information content (AvgIpc) is 2.41. The van der Waals surface area contributed by atoms with Gasteiger partial charge in [0.2, 0.25) is 0 Å². The van der Waals surface area contributed by atoms with Crippen LogP contribution in [0.15, 0.2) is 42.5 Å². The lowest BCUT2D eigenvalue weighted by Crippen LogP contribution is -2.13. The summed E-state index contributed by atoms with van der Waals surface area (Å²) in [5, 5.41) is 0. The molecule has 4 N–H and O–H groups in total. The Kier molecular flexibility index (Phi) is 3.94. The number of rotatable bonds is 4. The van der Waals surface area contributed by atoms with Crippen LogP contribution in [0.3, 0.4) is 0 Å². The van der Waals surface area contributed by atoms with Crippen molar-refractivity contribution in [1.29, 1.82) is 0 Å². The Labute approximate surface area is 118 Å². The smallest absolute Gasteiger partial charge is 0.252 e. The Morgan fingerprint density at radius 2 is 1.85 bits per heavy atom. The molecule has 2 aromatic rings. The molecule has 4 nitrogen and oxygen atoms in total. The van der Waals surface area contributed by atoms with Gasteiger partial charge in [-0.1, -0.05) is 32.0 Å². The van der Waals surface area contributed by atoms with E-state index in [0.29, 0.717) is 23.1 Å². The number of amides is 1. The standard InChI is InChI=1S/C16H18N2O2/c1-10(2)11-5-3-6-12(9-11)20-15-13(16(18)19)7-4-8-14(15)17/h3-10H,17H2,1-2H3,(H2,18,19). The van der Waals surface area contributed by atoms with Crippen LogP contribution in [0.25, 0.3) is 0 Å². The zero-order valence-corrected chi connectivity index (χ0v) is 11.6. The van der Waals surface area contributed by atoms with Crippen LogP contribution in [0, 0.1) is 0 Å². The van der Waals surface area contributed by atoms with E-state index >= 15 is 0 Å². The molecule has 0 atom stereocenters. The van der Waals surface area contributed by atoms with Gasteiger partial charge in [0.1, 0.15) is 5.75 Å². The second-order valence-electron chi connectivity index (χ2n) is 4.92. The Hall–Kier alpha value is -2.49. The summed E-state index contributed by atoms with van der Waals surface area (Å²) < 4.78 is 5.77. The number of ether oxygens (including phenoxy) is 1. The summed E-state index contributed by atoms with van der Waals surface area (Å²) in [5.41, 5.74) is 13.0. The highest BCUT2D eigenvalue weighted by Crippen LogP contribution is 2.32. The first kappa shape index (κ1) is 13.9. The van der Waals surface area contributed by atoms with Crippen LogP contribution in [0.4, 0.5) is 5.69 Å². The van der Waals surface area contributed by atoms with E-state index in [0.717, 1.165) is 5.56 Å². The van der Waals surface area contributed by atoms with E-state index in [1.54, 1.807) is 18.2 Å². The molecule has 4 heteroatoms. The first-order valence-electron chi connectivity index (χ1n) is 6.45. The second-order valence-corrected chi connectivity index (χ2v) is 4.92. The fourth-order valence-corrected chi connectivity index (χ4v) is 1.92. The molecule has 0 saturated heterocycles. The third-order valence-electron chi connectivity index (χ3n) is 3.06. The van der Waals surface area contributed by atoms with Crippen molar-refractivity contribution in [2.45, 2.75) is 19.8 Å². The molecule has 0 fully saturated rings. The fourth-order valence-electron chi connectivity index (χ4n) is 1.92. The average molecular weight is 270 g/mol. The fraction of sp³-hybridized carbons (Fsp3) is 0.188. The maximum Gasteiger partial charge on any atom is 0.252 e. The number of nitrogen functional groups attached to an aromatic ring is 1. The van der Waals surface area contributed by atoms with Crippen LogP contribution in [-0.2, 0) is 0 Å². The zero-order valence-electron chi connectivity index (χ0n) is 11.6. The predicted octanol–water partition coefficient (Wildman–Crippen LogP) is 3.28. The molecular formula is C16H18N2O2. The van der Waals surface area contributed by atoms with Gasteiger partial charge in [-0.05, 0) is 35.7 Å². The molecule has 0 bridgehead atoms. The lowest BCUT2D eigenvalue weighted by Gasteiger charge is -2.13. The molecule has 2 aromatic carbocycles. The van der Waals surface area contributed by atoms with Gasteiger partial charge in [0.05, 0.1) is 11.3 Å². The molecule has 0 saturated carbocycles. The van der Waals surface area contributed by atoms with Crippen molar-refractivity contribution in [2.24, 2.45) is 5.73 Å². The number of primary amides is 1. The van der Waals surface area contributed by atoms with E-state index < -0.39 is 5.91 Å². The molecule has 0 unspecified atom stereocenters. The summed E-state index contributed by atoms with van der Waals surface area (Å²) in [6.07, 6.45) is 0. The normalized spacial score (nSPS) is 10.6. The summed E-state index contributed by atoms with van der Waals surface area (Å²) in [4.78, 5) is 11.4. The number of hydrogen-bond acceptors (Lipinski definition) is 3. The predicted molar refractivity (Wildman–Crippen MR) is 80.0 cm³/mol. The second kappa shape index (κ2) is 5.65. The summed E-state index contributed by atoms with van der Waals surface area (Å²) in [5.74, 6) is 0.770. The number of hydrogen-bond donors (Lipinski definition) is 2. The maximum atomic E-state index is 11.4. The van der Waals surface area contributed by atoms with Crippen LogP contribution < -0.4 is 16.2 Å². The van der Waals surface area contributed by atoms with Gasteiger partial charge in [-0.15, -0.1) is 0 Å². The zero-order chi connectivity index (χ0) is 14.7. The Morgan fingerprint density at radius 3 is 2.50 bits per heavy atom. The molecular weight excluding hydrogens is 252 g/mol. The number of para-hydroxylation sites is 1.